The van der Waals surface area contributed by atoms with Crippen molar-refractivity contribution in [2.45, 2.75) is 12.5 Å². The van der Waals surface area contributed by atoms with E-state index < -0.39 is 0 Å². The molecule has 0 unspecified atom stereocenters. The molecule has 4 rings (SSSR count). The van der Waals surface area contributed by atoms with E-state index in [0.717, 1.165) is 23.9 Å². The molecule has 0 aliphatic rings. The molecule has 0 fully saturated rings. The quantitative estimate of drug-likeness (QED) is 0.256. The molecular weight excluding hydrogens is 436 g/mol. The zero-order valence-corrected chi connectivity index (χ0v) is 18.8. The molecule has 0 bridgehead atoms. The van der Waals surface area contributed by atoms with Gasteiger partial charge in [-0.15, -0.1) is 11.6 Å². The number of carbonyl (C=O) groups excluding carboxylic acids is 2. The van der Waals surface area contributed by atoms with E-state index in [-0.39, 0.29) is 5.75 Å². The molecule has 0 heterocycles. The zero-order valence-electron chi connectivity index (χ0n) is 18.0. The van der Waals surface area contributed by atoms with Gasteiger partial charge in [-0.3, -0.25) is 9.59 Å². The molecule has 0 aliphatic heterocycles. The maximum absolute atomic E-state index is 10.5. The predicted octanol–water partition coefficient (Wildman–Crippen LogP) is 6.71. The second-order valence-corrected chi connectivity index (χ2v) is 7.06. The first kappa shape index (κ1) is 25.4. The number of phenolic OH excluding ortho intramolecular Hbond substituents is 1. The second-order valence-electron chi connectivity index (χ2n) is 6.79. The standard InChI is InChI=1S/C14H12O2.C7H7Cl.C7H6O2/c15-10-12-6-8-14(9-7-12)16-11-13-4-2-1-3-5-13;8-6-7-4-2-1-3-5-7;8-5-6-1-3-7(9)4-2-6/h1-10H,11H2;1-5H,6H2;1-5,9H. The average Bonchev–Trinajstić information content (AvgIpc) is 2.90. The molecule has 1 N–H and O–H groups in total. The van der Waals surface area contributed by atoms with Crippen molar-refractivity contribution >= 4 is 24.2 Å². The minimum Gasteiger partial charge on any atom is -0.508 e. The second kappa shape index (κ2) is 15.0. The first-order valence-electron chi connectivity index (χ1n) is 10.2. The number of alkyl halides is 1. The summed E-state index contributed by atoms with van der Waals surface area (Å²) in [7, 11) is 0. The summed E-state index contributed by atoms with van der Waals surface area (Å²) in [6, 6.07) is 33.1. The van der Waals surface area contributed by atoms with E-state index in [2.05, 4.69) is 0 Å². The van der Waals surface area contributed by atoms with Gasteiger partial charge < -0.3 is 9.84 Å². The number of halogens is 1. The highest BCUT2D eigenvalue weighted by Gasteiger charge is 1.95. The van der Waals surface area contributed by atoms with Crippen LogP contribution >= 0.6 is 11.6 Å². The lowest BCUT2D eigenvalue weighted by Gasteiger charge is -2.05. The summed E-state index contributed by atoms with van der Waals surface area (Å²) in [5, 5.41) is 8.74. The Kier molecular flexibility index (Phi) is 11.5. The topological polar surface area (TPSA) is 63.6 Å². The summed E-state index contributed by atoms with van der Waals surface area (Å²) in [6.07, 6.45) is 1.56. The number of hydrogen-bond acceptors (Lipinski definition) is 4. The predicted molar refractivity (Wildman–Crippen MR) is 132 cm³/mol. The first-order chi connectivity index (χ1) is 16.1. The van der Waals surface area contributed by atoms with Crippen molar-refractivity contribution < 1.29 is 19.4 Å². The fourth-order valence-electron chi connectivity index (χ4n) is 2.50. The van der Waals surface area contributed by atoms with Gasteiger partial charge in [0.25, 0.3) is 0 Å². The van der Waals surface area contributed by atoms with Gasteiger partial charge in [0.05, 0.1) is 0 Å². The Morgan fingerprint density at radius 3 is 1.52 bits per heavy atom. The van der Waals surface area contributed by atoms with E-state index in [1.54, 1.807) is 36.4 Å². The Balaban J connectivity index is 0.000000192. The van der Waals surface area contributed by atoms with E-state index in [4.69, 9.17) is 21.4 Å². The minimum atomic E-state index is 0.181. The van der Waals surface area contributed by atoms with Crippen molar-refractivity contribution in [3.63, 3.8) is 0 Å². The van der Waals surface area contributed by atoms with Gasteiger partial charge in [0, 0.05) is 17.0 Å². The number of phenols is 1. The fourth-order valence-corrected chi connectivity index (χ4v) is 2.68. The maximum Gasteiger partial charge on any atom is 0.150 e. The van der Waals surface area contributed by atoms with Crippen molar-refractivity contribution in [2.75, 3.05) is 0 Å². The fraction of sp³-hybridized carbons (Fsp3) is 0.0714. The summed E-state index contributed by atoms with van der Waals surface area (Å²) in [5.41, 5.74) is 3.54. The monoisotopic (exact) mass is 460 g/mol. The van der Waals surface area contributed by atoms with Crippen LogP contribution in [0.3, 0.4) is 0 Å². The van der Waals surface area contributed by atoms with E-state index in [9.17, 15) is 9.59 Å². The number of rotatable bonds is 6. The summed E-state index contributed by atoms with van der Waals surface area (Å²) < 4.78 is 5.58. The molecule has 0 saturated heterocycles. The summed E-state index contributed by atoms with van der Waals surface area (Å²) in [4.78, 5) is 20.5. The van der Waals surface area contributed by atoms with Gasteiger partial charge >= 0.3 is 0 Å². The van der Waals surface area contributed by atoms with Crippen molar-refractivity contribution in [1.82, 2.24) is 0 Å². The Morgan fingerprint density at radius 2 is 1.09 bits per heavy atom. The summed E-state index contributed by atoms with van der Waals surface area (Å²) in [6.45, 7) is 0.543. The SMILES string of the molecule is ClCc1ccccc1.O=Cc1ccc(O)cc1.O=Cc1ccc(OCc2ccccc2)cc1. The van der Waals surface area contributed by atoms with Crippen LogP contribution in [-0.2, 0) is 12.5 Å². The Morgan fingerprint density at radius 1 is 0.636 bits per heavy atom. The van der Waals surface area contributed by atoms with Gasteiger partial charge in [0.2, 0.25) is 0 Å². The molecule has 4 aromatic rings. The number of ether oxygens (including phenoxy) is 1. The third-order valence-corrected chi connectivity index (χ3v) is 4.60. The third kappa shape index (κ3) is 10.3. The molecular formula is C28H25ClO4. The lowest BCUT2D eigenvalue weighted by molar-refractivity contribution is 0.111. The highest BCUT2D eigenvalue weighted by molar-refractivity contribution is 6.17. The highest BCUT2D eigenvalue weighted by atomic mass is 35.5. The van der Waals surface area contributed by atoms with Crippen molar-refractivity contribution in [3.8, 4) is 11.5 Å². The van der Waals surface area contributed by atoms with Gasteiger partial charge in [-0.25, -0.2) is 0 Å². The lowest BCUT2D eigenvalue weighted by Crippen LogP contribution is -1.94. The minimum absolute atomic E-state index is 0.181. The van der Waals surface area contributed by atoms with E-state index >= 15 is 0 Å². The van der Waals surface area contributed by atoms with Crippen LogP contribution in [0.5, 0.6) is 11.5 Å². The molecule has 0 radical (unpaired) electrons. The molecule has 0 aliphatic carbocycles. The van der Waals surface area contributed by atoms with Crippen LogP contribution in [0, 0.1) is 0 Å². The smallest absolute Gasteiger partial charge is 0.150 e. The van der Waals surface area contributed by atoms with Crippen molar-refractivity contribution in [2.24, 2.45) is 0 Å². The van der Waals surface area contributed by atoms with Crippen LogP contribution in [0.2, 0.25) is 0 Å². The Hall–Kier alpha value is -3.89. The van der Waals surface area contributed by atoms with E-state index in [1.165, 1.54) is 17.7 Å². The van der Waals surface area contributed by atoms with Crippen LogP contribution in [0.25, 0.3) is 0 Å². The van der Waals surface area contributed by atoms with Gasteiger partial charge in [-0.05, 0) is 59.7 Å². The Labute approximate surface area is 199 Å². The maximum atomic E-state index is 10.5. The average molecular weight is 461 g/mol. The van der Waals surface area contributed by atoms with E-state index in [0.29, 0.717) is 23.6 Å². The summed E-state index contributed by atoms with van der Waals surface area (Å²) >= 11 is 5.53. The molecule has 0 spiro atoms. The van der Waals surface area contributed by atoms with Crippen LogP contribution in [0.1, 0.15) is 31.8 Å². The molecule has 0 amide bonds. The molecule has 33 heavy (non-hydrogen) atoms. The van der Waals surface area contributed by atoms with Crippen LogP contribution < -0.4 is 4.74 Å². The summed E-state index contributed by atoms with van der Waals surface area (Å²) in [5.74, 6) is 1.57. The van der Waals surface area contributed by atoms with Gasteiger partial charge in [-0.1, -0.05) is 60.7 Å². The highest BCUT2D eigenvalue weighted by Crippen LogP contribution is 2.13. The number of aldehydes is 2. The van der Waals surface area contributed by atoms with Crippen molar-refractivity contribution in [1.29, 1.82) is 0 Å². The lowest BCUT2D eigenvalue weighted by atomic mass is 10.2. The largest absolute Gasteiger partial charge is 0.508 e. The van der Waals surface area contributed by atoms with Gasteiger partial charge in [0.15, 0.2) is 0 Å². The van der Waals surface area contributed by atoms with Crippen molar-refractivity contribution in [3.05, 3.63) is 131 Å². The molecule has 5 heteroatoms. The zero-order chi connectivity index (χ0) is 23.7. The Bertz CT molecular complexity index is 1060. The molecule has 4 nitrogen and oxygen atoms in total. The third-order valence-electron chi connectivity index (χ3n) is 4.29. The van der Waals surface area contributed by atoms with Crippen LogP contribution in [0.15, 0.2) is 109 Å². The first-order valence-corrected chi connectivity index (χ1v) is 10.7. The molecule has 0 atom stereocenters. The number of benzene rings is 4. The molecule has 0 saturated carbocycles. The van der Waals surface area contributed by atoms with Crippen LogP contribution in [-0.4, -0.2) is 17.7 Å². The molecule has 0 aromatic heterocycles. The van der Waals surface area contributed by atoms with Gasteiger partial charge in [-0.2, -0.15) is 0 Å². The number of aromatic hydroxyl groups is 1. The normalized spacial score (nSPS) is 9.36. The van der Waals surface area contributed by atoms with Gasteiger partial charge in [0.1, 0.15) is 30.7 Å². The number of carbonyl (C=O) groups is 2. The molecule has 4 aromatic carbocycles. The van der Waals surface area contributed by atoms with E-state index in [1.807, 2.05) is 60.7 Å². The van der Waals surface area contributed by atoms with Crippen LogP contribution in [0.4, 0.5) is 0 Å². The molecule has 168 valence electrons. The number of hydrogen-bond donors (Lipinski definition) is 1.